The largest absolute Gasteiger partial charge is 0.324 e. The third-order valence-corrected chi connectivity index (χ3v) is 4.61. The standard InChI is InChI=1S/C9H10N6O4S2/c1-5-12-13-9(20-5)14-21(18,19)8-4-6(11-10)2-3-7(8)15(16)17/h2-4,11H,10H2,1H3,(H,13,14). The zero-order chi connectivity index (χ0) is 15.6. The average Bonchev–Trinajstić information content (AvgIpc) is 2.82. The number of hydrogen-bond acceptors (Lipinski definition) is 9. The Kier molecular flexibility index (Phi) is 4.02. The highest BCUT2D eigenvalue weighted by Gasteiger charge is 2.27. The Bertz CT molecular complexity index is 787. The van der Waals surface area contributed by atoms with E-state index >= 15 is 0 Å². The summed E-state index contributed by atoms with van der Waals surface area (Å²) >= 11 is 1.01. The Morgan fingerprint density at radius 3 is 2.62 bits per heavy atom. The highest BCUT2D eigenvalue weighted by molar-refractivity contribution is 7.93. The molecule has 12 heteroatoms. The second-order valence-corrected chi connectivity index (χ2v) is 6.65. The van der Waals surface area contributed by atoms with Crippen molar-refractivity contribution in [3.8, 4) is 0 Å². The maximum atomic E-state index is 12.3. The molecule has 0 aliphatic carbocycles. The first kappa shape index (κ1) is 15.1. The topological polar surface area (TPSA) is 153 Å². The summed E-state index contributed by atoms with van der Waals surface area (Å²) in [6.07, 6.45) is 0. The minimum absolute atomic E-state index is 0.0212. The molecule has 112 valence electrons. The fourth-order valence-corrected chi connectivity index (χ4v) is 3.50. The van der Waals surface area contributed by atoms with Gasteiger partial charge in [-0.25, -0.2) is 8.42 Å². The van der Waals surface area contributed by atoms with Crippen molar-refractivity contribution in [3.05, 3.63) is 33.3 Å². The Labute approximate surface area is 123 Å². The quantitative estimate of drug-likeness (QED) is 0.414. The van der Waals surface area contributed by atoms with E-state index in [1.54, 1.807) is 6.92 Å². The van der Waals surface area contributed by atoms with Gasteiger partial charge in [-0.15, -0.1) is 10.2 Å². The monoisotopic (exact) mass is 330 g/mol. The second kappa shape index (κ2) is 5.59. The van der Waals surface area contributed by atoms with Crippen molar-refractivity contribution in [2.75, 3.05) is 10.1 Å². The summed E-state index contributed by atoms with van der Waals surface area (Å²) in [5, 5.41) is 18.8. The lowest BCUT2D eigenvalue weighted by atomic mass is 10.3. The number of hydrogen-bond donors (Lipinski definition) is 3. The van der Waals surface area contributed by atoms with Gasteiger partial charge >= 0.3 is 0 Å². The Morgan fingerprint density at radius 2 is 2.10 bits per heavy atom. The summed E-state index contributed by atoms with van der Waals surface area (Å²) in [5.74, 6) is 5.19. The van der Waals surface area contributed by atoms with Gasteiger partial charge in [-0.1, -0.05) is 11.3 Å². The minimum atomic E-state index is -4.19. The van der Waals surface area contributed by atoms with Gasteiger partial charge < -0.3 is 5.43 Å². The number of nitro groups is 1. The molecule has 10 nitrogen and oxygen atoms in total. The van der Waals surface area contributed by atoms with Crippen LogP contribution in [0.15, 0.2) is 23.1 Å². The predicted octanol–water partition coefficient (Wildman–Crippen LogP) is 0.841. The van der Waals surface area contributed by atoms with Crippen LogP contribution >= 0.6 is 11.3 Å². The van der Waals surface area contributed by atoms with Crippen LogP contribution in [0.5, 0.6) is 0 Å². The van der Waals surface area contributed by atoms with E-state index in [1.807, 2.05) is 0 Å². The van der Waals surface area contributed by atoms with E-state index in [9.17, 15) is 18.5 Å². The summed E-state index contributed by atoms with van der Waals surface area (Å²) in [6, 6.07) is 3.41. The van der Waals surface area contributed by atoms with Crippen LogP contribution in [0.25, 0.3) is 0 Å². The van der Waals surface area contributed by atoms with Crippen molar-refractivity contribution in [2.45, 2.75) is 11.8 Å². The molecule has 0 atom stereocenters. The summed E-state index contributed by atoms with van der Waals surface area (Å²) in [4.78, 5) is 9.65. The molecule has 0 saturated carbocycles. The van der Waals surface area contributed by atoms with Crippen molar-refractivity contribution in [1.82, 2.24) is 10.2 Å². The maximum absolute atomic E-state index is 12.3. The van der Waals surface area contributed by atoms with Crippen molar-refractivity contribution in [3.63, 3.8) is 0 Å². The molecule has 0 aliphatic heterocycles. The molecule has 0 spiro atoms. The van der Waals surface area contributed by atoms with Crippen molar-refractivity contribution in [2.24, 2.45) is 5.84 Å². The fourth-order valence-electron chi connectivity index (χ4n) is 1.48. The van der Waals surface area contributed by atoms with E-state index in [4.69, 9.17) is 5.84 Å². The number of aromatic nitrogens is 2. The van der Waals surface area contributed by atoms with Gasteiger partial charge in [0.2, 0.25) is 5.13 Å². The molecule has 4 N–H and O–H groups in total. The molecule has 0 bridgehead atoms. The normalized spacial score (nSPS) is 11.1. The lowest BCUT2D eigenvalue weighted by Gasteiger charge is -2.07. The van der Waals surface area contributed by atoms with Crippen molar-refractivity contribution in [1.29, 1.82) is 0 Å². The number of nitrogens with one attached hydrogen (secondary N) is 2. The molecule has 0 radical (unpaired) electrons. The van der Waals surface area contributed by atoms with Crippen LogP contribution in [0, 0.1) is 17.0 Å². The minimum Gasteiger partial charge on any atom is -0.324 e. The van der Waals surface area contributed by atoms with Crippen LogP contribution in [0.1, 0.15) is 5.01 Å². The summed E-state index contributed by atoms with van der Waals surface area (Å²) in [7, 11) is -4.19. The van der Waals surface area contributed by atoms with Gasteiger partial charge in [0.05, 0.1) is 10.6 Å². The lowest BCUT2D eigenvalue weighted by molar-refractivity contribution is -0.387. The molecule has 1 aromatic carbocycles. The number of nitrogens with two attached hydrogens (primary N) is 1. The average molecular weight is 330 g/mol. The zero-order valence-corrected chi connectivity index (χ0v) is 12.2. The van der Waals surface area contributed by atoms with Crippen LogP contribution in [0.3, 0.4) is 0 Å². The van der Waals surface area contributed by atoms with Crippen LogP contribution < -0.4 is 16.0 Å². The first-order valence-electron chi connectivity index (χ1n) is 5.41. The van der Waals surface area contributed by atoms with Crippen LogP contribution in [0.2, 0.25) is 0 Å². The third kappa shape index (κ3) is 3.24. The number of benzene rings is 1. The Morgan fingerprint density at radius 1 is 1.38 bits per heavy atom. The highest BCUT2D eigenvalue weighted by Crippen LogP contribution is 2.29. The van der Waals surface area contributed by atoms with Crippen LogP contribution in [-0.2, 0) is 10.0 Å². The van der Waals surface area contributed by atoms with E-state index < -0.39 is 25.5 Å². The molecule has 0 unspecified atom stereocenters. The molecule has 0 fully saturated rings. The van der Waals surface area contributed by atoms with Gasteiger partial charge in [0.25, 0.3) is 15.7 Å². The van der Waals surface area contributed by atoms with Gasteiger partial charge in [0.1, 0.15) is 5.01 Å². The first-order chi connectivity index (χ1) is 9.83. The predicted molar refractivity (Wildman–Crippen MR) is 76.4 cm³/mol. The molecule has 2 aromatic rings. The van der Waals surface area contributed by atoms with E-state index in [0.717, 1.165) is 23.5 Å². The Hall–Kier alpha value is -2.31. The van der Waals surface area contributed by atoms with E-state index in [1.165, 1.54) is 6.07 Å². The molecular formula is C9H10N6O4S2. The zero-order valence-electron chi connectivity index (χ0n) is 10.6. The molecule has 2 rings (SSSR count). The number of nitrogens with zero attached hydrogens (tertiary/aromatic N) is 3. The molecular weight excluding hydrogens is 320 g/mol. The van der Waals surface area contributed by atoms with Gasteiger partial charge in [0.15, 0.2) is 4.90 Å². The maximum Gasteiger partial charge on any atom is 0.290 e. The van der Waals surface area contributed by atoms with E-state index in [2.05, 4.69) is 20.3 Å². The van der Waals surface area contributed by atoms with Gasteiger partial charge in [-0.3, -0.25) is 20.7 Å². The second-order valence-electron chi connectivity index (χ2n) is 3.82. The van der Waals surface area contributed by atoms with E-state index in [0.29, 0.717) is 5.01 Å². The van der Waals surface area contributed by atoms with Gasteiger partial charge in [-0.2, -0.15) is 0 Å². The van der Waals surface area contributed by atoms with Gasteiger partial charge in [0, 0.05) is 6.07 Å². The molecule has 0 aliphatic rings. The molecule has 0 saturated heterocycles. The van der Waals surface area contributed by atoms with E-state index in [-0.39, 0.29) is 10.8 Å². The first-order valence-corrected chi connectivity index (χ1v) is 7.71. The lowest BCUT2D eigenvalue weighted by Crippen LogP contribution is -2.16. The Balaban J connectivity index is 2.49. The summed E-state index contributed by atoms with van der Waals surface area (Å²) in [6.45, 7) is 1.65. The summed E-state index contributed by atoms with van der Waals surface area (Å²) < 4.78 is 26.7. The number of anilines is 2. The molecule has 1 heterocycles. The van der Waals surface area contributed by atoms with Crippen LogP contribution in [0.4, 0.5) is 16.5 Å². The highest BCUT2D eigenvalue weighted by atomic mass is 32.2. The van der Waals surface area contributed by atoms with Crippen LogP contribution in [-0.4, -0.2) is 23.5 Å². The summed E-state index contributed by atoms with van der Waals surface area (Å²) in [5.41, 5.74) is 1.88. The number of aryl methyl sites for hydroxylation is 1. The third-order valence-electron chi connectivity index (χ3n) is 2.36. The molecule has 0 amide bonds. The number of sulfonamides is 1. The molecule has 21 heavy (non-hydrogen) atoms. The van der Waals surface area contributed by atoms with Crippen molar-refractivity contribution < 1.29 is 13.3 Å². The number of rotatable bonds is 5. The van der Waals surface area contributed by atoms with Crippen molar-refractivity contribution >= 4 is 37.9 Å². The smallest absolute Gasteiger partial charge is 0.290 e. The fraction of sp³-hybridized carbons (Fsp3) is 0.111. The van der Waals surface area contributed by atoms with Gasteiger partial charge in [-0.05, 0) is 19.1 Å². The number of hydrazine groups is 1. The molecule has 1 aromatic heterocycles. The SMILES string of the molecule is Cc1nnc(NS(=O)(=O)c2cc(NN)ccc2[N+](=O)[O-])s1. The number of nitrogen functional groups attached to an aromatic ring is 1. The number of nitro benzene ring substituents is 1.